The van der Waals surface area contributed by atoms with Gasteiger partial charge in [-0.1, -0.05) is 0 Å². The van der Waals surface area contributed by atoms with E-state index < -0.39 is 0 Å². The van der Waals surface area contributed by atoms with Crippen molar-refractivity contribution in [2.75, 3.05) is 24.9 Å². The number of benzene rings is 1. The summed E-state index contributed by atoms with van der Waals surface area (Å²) in [4.78, 5) is 8.70. The van der Waals surface area contributed by atoms with E-state index in [1.807, 2.05) is 26.0 Å². The molecule has 2 heterocycles. The van der Waals surface area contributed by atoms with Crippen molar-refractivity contribution in [3.05, 3.63) is 41.7 Å². The average Bonchev–Trinajstić information content (AvgIpc) is 2.93. The number of rotatable bonds is 6. The molecule has 1 aromatic carbocycles. The van der Waals surface area contributed by atoms with Crippen molar-refractivity contribution in [2.24, 2.45) is 0 Å². The molecule has 8 nitrogen and oxygen atoms in total. The number of H-pyrrole nitrogens is 1. The number of ether oxygens (including phenoxy) is 2. The van der Waals surface area contributed by atoms with Gasteiger partial charge in [-0.2, -0.15) is 10.1 Å². The highest BCUT2D eigenvalue weighted by Gasteiger charge is 2.08. The summed E-state index contributed by atoms with van der Waals surface area (Å²) < 4.78 is 10.5. The van der Waals surface area contributed by atoms with Gasteiger partial charge in [0, 0.05) is 41.3 Å². The molecule has 0 radical (unpaired) electrons. The summed E-state index contributed by atoms with van der Waals surface area (Å²) in [5.41, 5.74) is 2.82. The van der Waals surface area contributed by atoms with E-state index in [1.165, 1.54) is 0 Å². The van der Waals surface area contributed by atoms with Crippen LogP contribution in [-0.2, 0) is 0 Å². The number of methoxy groups -OCH3 is 2. The summed E-state index contributed by atoms with van der Waals surface area (Å²) in [6.45, 7) is 3.96. The zero-order valence-corrected chi connectivity index (χ0v) is 15.8. The van der Waals surface area contributed by atoms with Crippen molar-refractivity contribution in [2.45, 2.75) is 13.8 Å². The standard InChI is InChI=1S/C17H20N6O2.ClH/c1-10-11(2)22-23-16(10)20-15-5-6-18-17(21-15)19-12-7-13(24-3)9-14(8-12)25-4;/h5-9H,1-4H3,(H3,18,19,20,21,22,23);1H. The van der Waals surface area contributed by atoms with E-state index >= 15 is 0 Å². The largest absolute Gasteiger partial charge is 0.497 e. The van der Waals surface area contributed by atoms with Crippen LogP contribution in [0.25, 0.3) is 0 Å². The van der Waals surface area contributed by atoms with Gasteiger partial charge in [-0.3, -0.25) is 5.10 Å². The highest BCUT2D eigenvalue weighted by molar-refractivity contribution is 5.85. The van der Waals surface area contributed by atoms with Gasteiger partial charge < -0.3 is 20.1 Å². The molecular weight excluding hydrogens is 356 g/mol. The highest BCUT2D eigenvalue weighted by atomic mass is 35.5. The van der Waals surface area contributed by atoms with E-state index in [1.54, 1.807) is 32.5 Å². The van der Waals surface area contributed by atoms with Gasteiger partial charge in [0.15, 0.2) is 5.82 Å². The smallest absolute Gasteiger partial charge is 0.229 e. The maximum absolute atomic E-state index is 5.27. The number of hydrogen-bond donors (Lipinski definition) is 3. The Hall–Kier alpha value is -3.00. The first-order valence-corrected chi connectivity index (χ1v) is 7.71. The van der Waals surface area contributed by atoms with Crippen molar-refractivity contribution in [1.29, 1.82) is 0 Å². The number of aromatic nitrogens is 4. The number of nitrogens with zero attached hydrogens (tertiary/aromatic N) is 3. The molecular formula is C17H21ClN6O2. The lowest BCUT2D eigenvalue weighted by atomic mass is 10.3. The van der Waals surface area contributed by atoms with Crippen LogP contribution in [0.1, 0.15) is 11.3 Å². The molecule has 0 bridgehead atoms. The molecule has 0 unspecified atom stereocenters. The second-order valence-electron chi connectivity index (χ2n) is 5.44. The zero-order chi connectivity index (χ0) is 17.8. The van der Waals surface area contributed by atoms with E-state index in [0.29, 0.717) is 23.3 Å². The molecule has 0 amide bonds. The number of anilines is 4. The summed E-state index contributed by atoms with van der Waals surface area (Å²) in [6, 6.07) is 7.26. The van der Waals surface area contributed by atoms with Crippen LogP contribution in [0, 0.1) is 13.8 Å². The predicted octanol–water partition coefficient (Wildman–Crippen LogP) is 3.74. The minimum atomic E-state index is 0. The van der Waals surface area contributed by atoms with E-state index in [9.17, 15) is 0 Å². The molecule has 0 spiro atoms. The fourth-order valence-corrected chi connectivity index (χ4v) is 2.23. The molecule has 0 fully saturated rings. The summed E-state index contributed by atoms with van der Waals surface area (Å²) in [5, 5.41) is 13.5. The van der Waals surface area contributed by atoms with Gasteiger partial charge in [0.05, 0.1) is 14.2 Å². The lowest BCUT2D eigenvalue weighted by Gasteiger charge is -2.10. The van der Waals surface area contributed by atoms with Crippen LogP contribution >= 0.6 is 12.4 Å². The molecule has 9 heteroatoms. The minimum Gasteiger partial charge on any atom is -0.497 e. The molecule has 0 atom stereocenters. The van der Waals surface area contributed by atoms with Gasteiger partial charge in [-0.15, -0.1) is 12.4 Å². The number of aromatic amines is 1. The van der Waals surface area contributed by atoms with Crippen molar-refractivity contribution < 1.29 is 9.47 Å². The Labute approximate surface area is 157 Å². The van der Waals surface area contributed by atoms with Gasteiger partial charge >= 0.3 is 0 Å². The van der Waals surface area contributed by atoms with Crippen molar-refractivity contribution in [3.63, 3.8) is 0 Å². The Kier molecular flexibility index (Phi) is 6.24. The number of nitrogens with one attached hydrogen (secondary N) is 3. The lowest BCUT2D eigenvalue weighted by molar-refractivity contribution is 0.395. The maximum Gasteiger partial charge on any atom is 0.229 e. The van der Waals surface area contributed by atoms with E-state index in [-0.39, 0.29) is 12.4 Å². The summed E-state index contributed by atoms with van der Waals surface area (Å²) in [5.74, 6) is 3.19. The van der Waals surface area contributed by atoms with Gasteiger partial charge in [-0.25, -0.2) is 4.98 Å². The molecule has 3 rings (SSSR count). The van der Waals surface area contributed by atoms with Gasteiger partial charge in [0.2, 0.25) is 5.95 Å². The Balaban J connectivity index is 0.00000243. The van der Waals surface area contributed by atoms with Crippen molar-refractivity contribution in [1.82, 2.24) is 20.2 Å². The third-order valence-electron chi connectivity index (χ3n) is 3.76. The third kappa shape index (κ3) is 4.34. The van der Waals surface area contributed by atoms with E-state index in [0.717, 1.165) is 22.8 Å². The molecule has 2 aromatic heterocycles. The monoisotopic (exact) mass is 376 g/mol. The average molecular weight is 377 g/mol. The van der Waals surface area contributed by atoms with E-state index in [4.69, 9.17) is 9.47 Å². The first kappa shape index (κ1) is 19.3. The summed E-state index contributed by atoms with van der Waals surface area (Å²) in [7, 11) is 3.21. The van der Waals surface area contributed by atoms with Crippen LogP contribution in [0.5, 0.6) is 11.5 Å². The van der Waals surface area contributed by atoms with Crippen molar-refractivity contribution in [3.8, 4) is 11.5 Å². The van der Waals surface area contributed by atoms with Crippen LogP contribution in [0.3, 0.4) is 0 Å². The van der Waals surface area contributed by atoms with Crippen molar-refractivity contribution >= 4 is 35.7 Å². The van der Waals surface area contributed by atoms with Crippen LogP contribution in [0.4, 0.5) is 23.3 Å². The molecule has 3 aromatic rings. The molecule has 0 aliphatic rings. The van der Waals surface area contributed by atoms with Crippen LogP contribution < -0.4 is 20.1 Å². The second-order valence-corrected chi connectivity index (χ2v) is 5.44. The number of halogens is 1. The minimum absolute atomic E-state index is 0. The topological polar surface area (TPSA) is 97.0 Å². The number of aryl methyl sites for hydroxylation is 1. The predicted molar refractivity (Wildman–Crippen MR) is 103 cm³/mol. The molecule has 3 N–H and O–H groups in total. The fourth-order valence-electron chi connectivity index (χ4n) is 2.23. The summed E-state index contributed by atoms with van der Waals surface area (Å²) >= 11 is 0. The van der Waals surface area contributed by atoms with Gasteiger partial charge in [-0.05, 0) is 19.9 Å². The normalized spacial score (nSPS) is 10.0. The third-order valence-corrected chi connectivity index (χ3v) is 3.76. The van der Waals surface area contributed by atoms with Crippen LogP contribution in [-0.4, -0.2) is 34.4 Å². The van der Waals surface area contributed by atoms with Crippen LogP contribution in [0.15, 0.2) is 30.5 Å². The second kappa shape index (κ2) is 8.39. The molecule has 26 heavy (non-hydrogen) atoms. The lowest BCUT2D eigenvalue weighted by Crippen LogP contribution is -2.01. The highest BCUT2D eigenvalue weighted by Crippen LogP contribution is 2.27. The molecule has 0 saturated heterocycles. The molecule has 0 aliphatic carbocycles. The maximum atomic E-state index is 5.27. The fraction of sp³-hybridized carbons (Fsp3) is 0.235. The Morgan fingerprint density at radius 2 is 1.69 bits per heavy atom. The Bertz CT molecular complexity index is 861. The van der Waals surface area contributed by atoms with Crippen LogP contribution in [0.2, 0.25) is 0 Å². The molecule has 0 aliphatic heterocycles. The zero-order valence-electron chi connectivity index (χ0n) is 15.0. The van der Waals surface area contributed by atoms with Gasteiger partial charge in [0.1, 0.15) is 17.3 Å². The molecule has 0 saturated carbocycles. The van der Waals surface area contributed by atoms with Gasteiger partial charge in [0.25, 0.3) is 0 Å². The Morgan fingerprint density at radius 1 is 1.00 bits per heavy atom. The Morgan fingerprint density at radius 3 is 2.27 bits per heavy atom. The first-order chi connectivity index (χ1) is 12.1. The quantitative estimate of drug-likeness (QED) is 0.602. The first-order valence-electron chi connectivity index (χ1n) is 7.71. The van der Waals surface area contributed by atoms with E-state index in [2.05, 4.69) is 30.8 Å². The number of hydrogen-bond acceptors (Lipinski definition) is 7. The summed E-state index contributed by atoms with van der Waals surface area (Å²) in [6.07, 6.45) is 1.67. The molecule has 138 valence electrons. The SMILES string of the molecule is COc1cc(Nc2nccc(Nc3n[nH]c(C)c3C)n2)cc(OC)c1.Cl.